The molecule has 1 N–H and O–H groups in total. The summed E-state index contributed by atoms with van der Waals surface area (Å²) in [4.78, 5) is 12.1. The summed E-state index contributed by atoms with van der Waals surface area (Å²) >= 11 is 0. The van der Waals surface area contributed by atoms with Crippen LogP contribution in [0.2, 0.25) is 0 Å². The molecule has 9 nitrogen and oxygen atoms in total. The Kier molecular flexibility index (Phi) is 6.68. The van der Waals surface area contributed by atoms with E-state index in [2.05, 4.69) is 20.6 Å². The number of methoxy groups -OCH3 is 1. The number of amides is 1. The summed E-state index contributed by atoms with van der Waals surface area (Å²) in [5.74, 6) is 2.21. The number of carbonyl (C=O) groups excluding carboxylic acids is 1. The van der Waals surface area contributed by atoms with E-state index < -0.39 is 0 Å². The van der Waals surface area contributed by atoms with Crippen LogP contribution in [0.5, 0.6) is 17.4 Å². The highest BCUT2D eigenvalue weighted by molar-refractivity contribution is 5.77. The van der Waals surface area contributed by atoms with Crippen LogP contribution >= 0.6 is 0 Å². The number of hydrogen-bond donors (Lipinski definition) is 1. The molecule has 0 saturated heterocycles. The predicted molar refractivity (Wildman–Crippen MR) is 123 cm³/mol. The van der Waals surface area contributed by atoms with Gasteiger partial charge in [0, 0.05) is 11.6 Å². The highest BCUT2D eigenvalue weighted by Crippen LogP contribution is 2.23. The van der Waals surface area contributed by atoms with Gasteiger partial charge in [-0.15, -0.1) is 15.3 Å². The zero-order valence-corrected chi connectivity index (χ0v) is 18.7. The third-order valence-electron chi connectivity index (χ3n) is 5.00. The second kappa shape index (κ2) is 9.99. The molecule has 2 aromatic carbocycles. The molecule has 33 heavy (non-hydrogen) atoms. The first-order chi connectivity index (χ1) is 16.0. The fourth-order valence-electron chi connectivity index (χ4n) is 3.35. The molecule has 0 aliphatic carbocycles. The number of fused-ring (bicyclic) bond motifs is 1. The summed E-state index contributed by atoms with van der Waals surface area (Å²) in [7, 11) is 1.61. The molecule has 0 unspecified atom stereocenters. The number of hydrogen-bond acceptors (Lipinski definition) is 7. The normalized spacial score (nSPS) is 10.8. The first-order valence-electron chi connectivity index (χ1n) is 10.5. The van der Waals surface area contributed by atoms with Crippen molar-refractivity contribution in [3.05, 3.63) is 65.7 Å². The van der Waals surface area contributed by atoms with Gasteiger partial charge in [0.25, 0.3) is 5.91 Å². The molecule has 0 atom stereocenters. The van der Waals surface area contributed by atoms with Crippen molar-refractivity contribution < 1.29 is 19.0 Å². The van der Waals surface area contributed by atoms with Gasteiger partial charge in [-0.3, -0.25) is 4.79 Å². The van der Waals surface area contributed by atoms with Crippen LogP contribution in [0.15, 0.2) is 54.6 Å². The van der Waals surface area contributed by atoms with Gasteiger partial charge in [-0.25, -0.2) is 0 Å². The number of aryl methyl sites for hydroxylation is 2. The molecule has 1 amide bonds. The maximum absolute atomic E-state index is 12.1. The molecule has 0 bridgehead atoms. The van der Waals surface area contributed by atoms with E-state index in [4.69, 9.17) is 14.2 Å². The Morgan fingerprint density at radius 2 is 1.79 bits per heavy atom. The van der Waals surface area contributed by atoms with Gasteiger partial charge >= 0.3 is 0 Å². The number of nitrogens with one attached hydrogen (secondary N) is 1. The van der Waals surface area contributed by atoms with E-state index >= 15 is 0 Å². The Morgan fingerprint density at radius 3 is 2.58 bits per heavy atom. The quantitative estimate of drug-likeness (QED) is 0.394. The second-order valence-electron chi connectivity index (χ2n) is 7.41. The van der Waals surface area contributed by atoms with Crippen LogP contribution in [0.25, 0.3) is 17.0 Å². The molecule has 0 fully saturated rings. The Hall–Kier alpha value is -4.14. The van der Waals surface area contributed by atoms with Crippen molar-refractivity contribution in [2.75, 3.05) is 26.9 Å². The number of aromatic nitrogens is 4. The number of para-hydroxylation sites is 1. The minimum Gasteiger partial charge on any atom is -0.497 e. The molecule has 0 spiro atoms. The molecular weight excluding hydrogens is 422 g/mol. The number of rotatable bonds is 9. The number of nitrogens with zero attached hydrogens (tertiary/aromatic N) is 4. The van der Waals surface area contributed by atoms with Crippen LogP contribution in [0, 0.1) is 13.8 Å². The van der Waals surface area contributed by atoms with E-state index in [-0.39, 0.29) is 19.1 Å². The summed E-state index contributed by atoms with van der Waals surface area (Å²) in [6.45, 7) is 4.42. The Morgan fingerprint density at radius 1 is 1.00 bits per heavy atom. The lowest BCUT2D eigenvalue weighted by atomic mass is 10.1. The number of ether oxygens (including phenoxy) is 3. The van der Waals surface area contributed by atoms with Crippen molar-refractivity contribution in [3.63, 3.8) is 0 Å². The van der Waals surface area contributed by atoms with Crippen LogP contribution in [-0.4, -0.2) is 52.6 Å². The second-order valence-corrected chi connectivity index (χ2v) is 7.41. The summed E-state index contributed by atoms with van der Waals surface area (Å²) in [6, 6.07) is 16.9. The molecule has 170 valence electrons. The zero-order chi connectivity index (χ0) is 23.2. The fraction of sp³-hybridized carbons (Fsp3) is 0.250. The summed E-state index contributed by atoms with van der Waals surface area (Å²) in [5, 5.41) is 15.6. The first-order valence-corrected chi connectivity index (χ1v) is 10.5. The molecular formula is C24H25N5O4. The lowest BCUT2D eigenvalue weighted by Gasteiger charge is -2.12. The van der Waals surface area contributed by atoms with Gasteiger partial charge in [0.05, 0.1) is 13.7 Å². The largest absolute Gasteiger partial charge is 0.497 e. The molecule has 0 radical (unpaired) electrons. The number of benzene rings is 2. The standard InChI is InChI=1S/C24H25N5O4/c1-16-6-4-7-17(2)23(16)33-15-21(30)25-12-13-32-22-11-10-20-26-27-24(29(20)28-22)18-8-5-9-19(14-18)31-3/h4-11,14H,12-13,15H2,1-3H3,(H,25,30). The molecule has 2 aromatic heterocycles. The van der Waals surface area contributed by atoms with Crippen molar-refractivity contribution in [2.24, 2.45) is 0 Å². The average molecular weight is 447 g/mol. The lowest BCUT2D eigenvalue weighted by Crippen LogP contribution is -2.32. The van der Waals surface area contributed by atoms with Gasteiger partial charge in [-0.1, -0.05) is 30.3 Å². The molecule has 0 aliphatic rings. The minimum atomic E-state index is -0.219. The van der Waals surface area contributed by atoms with Crippen LogP contribution in [-0.2, 0) is 4.79 Å². The van der Waals surface area contributed by atoms with Crippen LogP contribution in [0.4, 0.5) is 0 Å². The molecule has 4 rings (SSSR count). The summed E-state index contributed by atoms with van der Waals surface area (Å²) in [5.41, 5.74) is 3.41. The van der Waals surface area contributed by atoms with Crippen molar-refractivity contribution in [1.29, 1.82) is 0 Å². The van der Waals surface area contributed by atoms with Gasteiger partial charge in [-0.2, -0.15) is 4.52 Å². The molecule has 0 saturated carbocycles. The van der Waals surface area contributed by atoms with Gasteiger partial charge in [0.1, 0.15) is 18.1 Å². The zero-order valence-electron chi connectivity index (χ0n) is 18.7. The lowest BCUT2D eigenvalue weighted by molar-refractivity contribution is -0.123. The molecule has 4 aromatic rings. The van der Waals surface area contributed by atoms with E-state index in [1.807, 2.05) is 56.3 Å². The monoisotopic (exact) mass is 447 g/mol. The minimum absolute atomic E-state index is 0.0551. The first kappa shape index (κ1) is 22.1. The van der Waals surface area contributed by atoms with Crippen LogP contribution < -0.4 is 19.5 Å². The van der Waals surface area contributed by atoms with E-state index in [0.29, 0.717) is 29.6 Å². The number of carbonyl (C=O) groups is 1. The van der Waals surface area contributed by atoms with Crippen LogP contribution in [0.3, 0.4) is 0 Å². The fourth-order valence-corrected chi connectivity index (χ4v) is 3.35. The van der Waals surface area contributed by atoms with Gasteiger partial charge < -0.3 is 19.5 Å². The Labute approximate surface area is 191 Å². The smallest absolute Gasteiger partial charge is 0.258 e. The highest BCUT2D eigenvalue weighted by Gasteiger charge is 2.12. The SMILES string of the molecule is COc1cccc(-c2nnc3ccc(OCCNC(=O)COc4c(C)cccc4C)nn23)c1. The Bertz CT molecular complexity index is 1250. The molecule has 0 aliphatic heterocycles. The van der Waals surface area contributed by atoms with E-state index in [1.165, 1.54) is 0 Å². The molecule has 9 heteroatoms. The van der Waals surface area contributed by atoms with E-state index in [9.17, 15) is 4.79 Å². The third-order valence-corrected chi connectivity index (χ3v) is 5.00. The summed E-state index contributed by atoms with van der Waals surface area (Å²) in [6.07, 6.45) is 0. The van der Waals surface area contributed by atoms with E-state index in [1.54, 1.807) is 23.8 Å². The van der Waals surface area contributed by atoms with Gasteiger partial charge in [-0.05, 0) is 43.2 Å². The van der Waals surface area contributed by atoms with Crippen molar-refractivity contribution in [2.45, 2.75) is 13.8 Å². The third kappa shape index (κ3) is 5.20. The van der Waals surface area contributed by atoms with Gasteiger partial charge in [0.2, 0.25) is 5.88 Å². The topological polar surface area (TPSA) is 99.9 Å². The van der Waals surface area contributed by atoms with Crippen molar-refractivity contribution in [3.8, 4) is 28.8 Å². The average Bonchev–Trinajstić information content (AvgIpc) is 3.25. The predicted octanol–water partition coefficient (Wildman–Crippen LogP) is 2.99. The maximum Gasteiger partial charge on any atom is 0.258 e. The van der Waals surface area contributed by atoms with Crippen molar-refractivity contribution in [1.82, 2.24) is 25.1 Å². The van der Waals surface area contributed by atoms with Crippen molar-refractivity contribution >= 4 is 11.6 Å². The van der Waals surface area contributed by atoms with Crippen LogP contribution in [0.1, 0.15) is 11.1 Å². The maximum atomic E-state index is 12.1. The highest BCUT2D eigenvalue weighted by atomic mass is 16.5. The van der Waals surface area contributed by atoms with Gasteiger partial charge in [0.15, 0.2) is 18.1 Å². The van der Waals surface area contributed by atoms with E-state index in [0.717, 1.165) is 22.4 Å². The molecule has 2 heterocycles. The summed E-state index contributed by atoms with van der Waals surface area (Å²) < 4.78 is 18.3. The Balaban J connectivity index is 1.32.